The van der Waals surface area contributed by atoms with Crippen LogP contribution in [0.5, 0.6) is 0 Å². The lowest BCUT2D eigenvalue weighted by Gasteiger charge is -1.83. The first kappa shape index (κ1) is 5.41. The van der Waals surface area contributed by atoms with E-state index in [0.717, 1.165) is 6.29 Å². The molecule has 0 bridgehead atoms. The van der Waals surface area contributed by atoms with Crippen LogP contribution in [0.25, 0.3) is 0 Å². The summed E-state index contributed by atoms with van der Waals surface area (Å²) in [5.74, 6) is 0.0185. The van der Waals surface area contributed by atoms with Gasteiger partial charge in [-0.1, -0.05) is 13.0 Å². The van der Waals surface area contributed by atoms with Crippen LogP contribution in [0.15, 0.2) is 12.7 Å². The van der Waals surface area contributed by atoms with Crippen LogP contribution in [0.2, 0.25) is 0 Å². The Hall–Kier alpha value is -0.590. The van der Waals surface area contributed by atoms with Crippen LogP contribution in [-0.4, -0.2) is 6.29 Å². The van der Waals surface area contributed by atoms with Crippen molar-refractivity contribution in [2.45, 2.75) is 6.92 Å². The van der Waals surface area contributed by atoms with E-state index in [1.54, 1.807) is 13.0 Å². The minimum absolute atomic E-state index is 0.0185. The maximum atomic E-state index is 9.66. The largest absolute Gasteiger partial charge is 0.303 e. The van der Waals surface area contributed by atoms with E-state index in [-0.39, 0.29) is 5.92 Å². The summed E-state index contributed by atoms with van der Waals surface area (Å²) in [4.78, 5) is 9.66. The molecule has 1 heteroatoms. The maximum Gasteiger partial charge on any atom is 0.126 e. The summed E-state index contributed by atoms with van der Waals surface area (Å²) in [6.07, 6.45) is 2.46. The number of carbonyl (C=O) groups excluding carboxylic acids is 1. The molecule has 0 aliphatic rings. The average Bonchev–Trinajstić information content (AvgIpc) is 1.65. The highest BCUT2D eigenvalue weighted by Crippen LogP contribution is 1.84. The van der Waals surface area contributed by atoms with E-state index in [2.05, 4.69) is 6.58 Å². The quantitative estimate of drug-likeness (QED) is 0.360. The molecule has 34 valence electrons. The second-order valence-corrected chi connectivity index (χ2v) is 1.23. The number of aldehydes is 1. The second-order valence-electron chi connectivity index (χ2n) is 1.23. The molecule has 1 atom stereocenters. The van der Waals surface area contributed by atoms with Gasteiger partial charge in [-0.15, -0.1) is 6.58 Å². The minimum Gasteiger partial charge on any atom is -0.303 e. The van der Waals surface area contributed by atoms with Crippen molar-refractivity contribution in [2.75, 3.05) is 0 Å². The van der Waals surface area contributed by atoms with Gasteiger partial charge in [-0.25, -0.2) is 0 Å². The molecule has 0 aliphatic carbocycles. The molecule has 6 heavy (non-hydrogen) atoms. The first-order valence-electron chi connectivity index (χ1n) is 1.89. The Kier molecular flexibility index (Phi) is 2.38. The number of carbonyl (C=O) groups is 1. The van der Waals surface area contributed by atoms with Gasteiger partial charge in [0.05, 0.1) is 0 Å². The predicted octanol–water partition coefficient (Wildman–Crippen LogP) is 1.01. The summed E-state index contributed by atoms with van der Waals surface area (Å²) in [7, 11) is 0. The highest BCUT2D eigenvalue weighted by atomic mass is 16.1. The number of rotatable bonds is 2. The lowest BCUT2D eigenvalue weighted by atomic mass is 10.2. The third kappa shape index (κ3) is 1.70. The summed E-state index contributed by atoms with van der Waals surface area (Å²) in [6, 6.07) is 0. The first-order chi connectivity index (χ1) is 2.81. The molecule has 0 unspecified atom stereocenters. The van der Waals surface area contributed by atoms with E-state index in [4.69, 9.17) is 0 Å². The Bertz CT molecular complexity index is 49.0. The van der Waals surface area contributed by atoms with Gasteiger partial charge in [0.1, 0.15) is 6.29 Å². The van der Waals surface area contributed by atoms with E-state index in [1.165, 1.54) is 0 Å². The van der Waals surface area contributed by atoms with Gasteiger partial charge in [0.2, 0.25) is 0 Å². The molecule has 0 aromatic carbocycles. The summed E-state index contributed by atoms with van der Waals surface area (Å²) in [5.41, 5.74) is 0. The first-order valence-corrected chi connectivity index (χ1v) is 1.89. The van der Waals surface area contributed by atoms with E-state index in [0.29, 0.717) is 0 Å². The smallest absolute Gasteiger partial charge is 0.126 e. The average molecular weight is 84.1 g/mol. The summed E-state index contributed by atoms with van der Waals surface area (Å²) < 4.78 is 0. The molecule has 0 N–H and O–H groups in total. The van der Waals surface area contributed by atoms with Crippen LogP contribution in [0.3, 0.4) is 0 Å². The molecule has 1 nitrogen and oxygen atoms in total. The Morgan fingerprint density at radius 2 is 2.33 bits per heavy atom. The van der Waals surface area contributed by atoms with Crippen molar-refractivity contribution in [3.05, 3.63) is 12.7 Å². The zero-order chi connectivity index (χ0) is 4.99. The topological polar surface area (TPSA) is 17.1 Å². The Morgan fingerprint density at radius 3 is 2.33 bits per heavy atom. The fraction of sp³-hybridized carbons (Fsp3) is 0.400. The van der Waals surface area contributed by atoms with Crippen molar-refractivity contribution in [3.63, 3.8) is 0 Å². The summed E-state index contributed by atoms with van der Waals surface area (Å²) in [5, 5.41) is 0. The van der Waals surface area contributed by atoms with E-state index in [1.807, 2.05) is 0 Å². The molecule has 0 saturated carbocycles. The number of allylic oxidation sites excluding steroid dienone is 1. The summed E-state index contributed by atoms with van der Waals surface area (Å²) in [6.45, 7) is 5.19. The molecule has 0 rings (SSSR count). The SMILES string of the molecule is C=C[C@@H](C)C=O. The van der Waals surface area contributed by atoms with Crippen LogP contribution in [-0.2, 0) is 4.79 Å². The third-order valence-corrected chi connectivity index (χ3v) is 0.586. The van der Waals surface area contributed by atoms with Crippen LogP contribution in [0, 0.1) is 5.92 Å². The van der Waals surface area contributed by atoms with Crippen molar-refractivity contribution < 1.29 is 4.79 Å². The normalized spacial score (nSPS) is 12.8. The Morgan fingerprint density at radius 1 is 1.83 bits per heavy atom. The molecular weight excluding hydrogens is 76.1 g/mol. The van der Waals surface area contributed by atoms with E-state index in [9.17, 15) is 4.79 Å². The standard InChI is InChI=1S/C5H8O/c1-3-5(2)4-6/h3-5H,1H2,2H3/t5-/m1/s1. The van der Waals surface area contributed by atoms with Gasteiger partial charge >= 0.3 is 0 Å². The van der Waals surface area contributed by atoms with Gasteiger partial charge in [0.25, 0.3) is 0 Å². The van der Waals surface area contributed by atoms with Gasteiger partial charge in [0.15, 0.2) is 0 Å². The molecular formula is C5H8O. The zero-order valence-corrected chi connectivity index (χ0v) is 3.85. The predicted molar refractivity (Wildman–Crippen MR) is 25.4 cm³/mol. The molecule has 0 spiro atoms. The van der Waals surface area contributed by atoms with E-state index < -0.39 is 0 Å². The molecule has 0 aromatic rings. The van der Waals surface area contributed by atoms with Gasteiger partial charge in [-0.2, -0.15) is 0 Å². The fourth-order valence-corrected chi connectivity index (χ4v) is 0.0556. The third-order valence-electron chi connectivity index (χ3n) is 0.586. The molecule has 0 radical (unpaired) electrons. The fourth-order valence-electron chi connectivity index (χ4n) is 0.0556. The summed E-state index contributed by atoms with van der Waals surface area (Å²) >= 11 is 0. The van der Waals surface area contributed by atoms with Gasteiger partial charge < -0.3 is 4.79 Å². The molecule has 0 aromatic heterocycles. The van der Waals surface area contributed by atoms with Crippen LogP contribution >= 0.6 is 0 Å². The highest BCUT2D eigenvalue weighted by molar-refractivity contribution is 5.55. The highest BCUT2D eigenvalue weighted by Gasteiger charge is 1.84. The molecule has 0 fully saturated rings. The monoisotopic (exact) mass is 84.1 g/mol. The Balaban J connectivity index is 3.21. The van der Waals surface area contributed by atoms with Crippen molar-refractivity contribution in [3.8, 4) is 0 Å². The van der Waals surface area contributed by atoms with Crippen molar-refractivity contribution >= 4 is 6.29 Å². The van der Waals surface area contributed by atoms with Crippen molar-refractivity contribution in [1.29, 1.82) is 0 Å². The number of hydrogen-bond acceptors (Lipinski definition) is 1. The molecule has 0 heterocycles. The van der Waals surface area contributed by atoms with Crippen LogP contribution in [0.4, 0.5) is 0 Å². The van der Waals surface area contributed by atoms with Crippen molar-refractivity contribution in [1.82, 2.24) is 0 Å². The van der Waals surface area contributed by atoms with Gasteiger partial charge in [-0.3, -0.25) is 0 Å². The Labute approximate surface area is 37.7 Å². The van der Waals surface area contributed by atoms with Crippen molar-refractivity contribution in [2.24, 2.45) is 5.92 Å². The lowest BCUT2D eigenvalue weighted by molar-refractivity contribution is -0.109. The van der Waals surface area contributed by atoms with Gasteiger partial charge in [-0.05, 0) is 0 Å². The lowest BCUT2D eigenvalue weighted by Crippen LogP contribution is -1.85. The second kappa shape index (κ2) is 2.64. The van der Waals surface area contributed by atoms with Crippen LogP contribution in [0.1, 0.15) is 6.92 Å². The number of hydrogen-bond donors (Lipinski definition) is 0. The maximum absolute atomic E-state index is 9.66. The van der Waals surface area contributed by atoms with Gasteiger partial charge in [0, 0.05) is 5.92 Å². The minimum atomic E-state index is 0.0185. The molecule has 0 aliphatic heterocycles. The van der Waals surface area contributed by atoms with Crippen LogP contribution < -0.4 is 0 Å². The van der Waals surface area contributed by atoms with E-state index >= 15 is 0 Å². The zero-order valence-electron chi connectivity index (χ0n) is 3.85. The molecule has 0 amide bonds. The molecule has 0 saturated heterocycles.